The zero-order valence-electron chi connectivity index (χ0n) is 16.2. The molecule has 2 atom stereocenters. The van der Waals surface area contributed by atoms with Crippen molar-refractivity contribution >= 4 is 22.8 Å². The lowest BCUT2D eigenvalue weighted by molar-refractivity contribution is -0.121. The maximum Gasteiger partial charge on any atom is 0.321 e. The van der Waals surface area contributed by atoms with Gasteiger partial charge in [-0.15, -0.1) is 0 Å². The van der Waals surface area contributed by atoms with Crippen LogP contribution in [-0.4, -0.2) is 36.1 Å². The number of aromatic nitrogens is 1. The average molecular weight is 378 g/mol. The summed E-state index contributed by atoms with van der Waals surface area (Å²) in [6.45, 7) is 4.59. The summed E-state index contributed by atoms with van der Waals surface area (Å²) in [7, 11) is 0. The SMILES string of the molecule is CCNC(=O)NC(=O)[C@@H](C)NC[C@@H](c1ccccc1)c1c[nH]c2ccccc12. The van der Waals surface area contributed by atoms with Gasteiger partial charge in [0.1, 0.15) is 0 Å². The molecule has 146 valence electrons. The molecule has 2 aromatic carbocycles. The Morgan fingerprint density at radius 2 is 1.75 bits per heavy atom. The zero-order chi connectivity index (χ0) is 19.9. The molecule has 6 nitrogen and oxygen atoms in total. The molecule has 0 aliphatic heterocycles. The highest BCUT2D eigenvalue weighted by atomic mass is 16.2. The number of para-hydroxylation sites is 1. The van der Waals surface area contributed by atoms with E-state index < -0.39 is 12.1 Å². The van der Waals surface area contributed by atoms with Crippen molar-refractivity contribution in [3.8, 4) is 0 Å². The monoisotopic (exact) mass is 378 g/mol. The highest BCUT2D eigenvalue weighted by Gasteiger charge is 2.21. The number of carbonyl (C=O) groups is 2. The topological polar surface area (TPSA) is 86.0 Å². The first kappa shape index (κ1) is 19.6. The molecule has 0 aliphatic carbocycles. The second-order valence-electron chi connectivity index (χ2n) is 6.73. The lowest BCUT2D eigenvalue weighted by Crippen LogP contribution is -2.48. The van der Waals surface area contributed by atoms with E-state index in [1.807, 2.05) is 36.5 Å². The number of fused-ring (bicyclic) bond motifs is 1. The van der Waals surface area contributed by atoms with Crippen LogP contribution in [0.5, 0.6) is 0 Å². The van der Waals surface area contributed by atoms with Gasteiger partial charge in [-0.25, -0.2) is 4.79 Å². The van der Waals surface area contributed by atoms with E-state index in [0.29, 0.717) is 13.1 Å². The Bertz CT molecular complexity index is 936. The molecule has 4 N–H and O–H groups in total. The van der Waals surface area contributed by atoms with Gasteiger partial charge >= 0.3 is 6.03 Å². The van der Waals surface area contributed by atoms with Gasteiger partial charge in [0.15, 0.2) is 0 Å². The fourth-order valence-electron chi connectivity index (χ4n) is 3.29. The Labute approximate surface area is 164 Å². The zero-order valence-corrected chi connectivity index (χ0v) is 16.2. The average Bonchev–Trinajstić information content (AvgIpc) is 3.13. The number of H-pyrrole nitrogens is 1. The smallest absolute Gasteiger partial charge is 0.321 e. The van der Waals surface area contributed by atoms with Crippen LogP contribution in [0.2, 0.25) is 0 Å². The molecule has 0 saturated carbocycles. The molecule has 28 heavy (non-hydrogen) atoms. The van der Waals surface area contributed by atoms with Gasteiger partial charge in [-0.3, -0.25) is 10.1 Å². The van der Waals surface area contributed by atoms with Crippen molar-refractivity contribution in [2.45, 2.75) is 25.8 Å². The van der Waals surface area contributed by atoms with E-state index in [-0.39, 0.29) is 11.8 Å². The summed E-state index contributed by atoms with van der Waals surface area (Å²) in [5.41, 5.74) is 3.42. The van der Waals surface area contributed by atoms with Crippen LogP contribution >= 0.6 is 0 Å². The highest BCUT2D eigenvalue weighted by Crippen LogP contribution is 2.30. The van der Waals surface area contributed by atoms with Crippen LogP contribution in [0.4, 0.5) is 4.79 Å². The molecule has 3 aromatic rings. The number of benzene rings is 2. The Morgan fingerprint density at radius 1 is 1.04 bits per heavy atom. The van der Waals surface area contributed by atoms with Gasteiger partial charge < -0.3 is 15.6 Å². The predicted molar refractivity (Wildman–Crippen MR) is 111 cm³/mol. The fourth-order valence-corrected chi connectivity index (χ4v) is 3.29. The Kier molecular flexibility index (Phi) is 6.45. The van der Waals surface area contributed by atoms with E-state index in [9.17, 15) is 9.59 Å². The molecule has 0 bridgehead atoms. The van der Waals surface area contributed by atoms with Crippen LogP contribution in [0.3, 0.4) is 0 Å². The van der Waals surface area contributed by atoms with E-state index in [1.54, 1.807) is 13.8 Å². The number of hydrogen-bond donors (Lipinski definition) is 4. The number of urea groups is 1. The Hall–Kier alpha value is -3.12. The summed E-state index contributed by atoms with van der Waals surface area (Å²) >= 11 is 0. The minimum absolute atomic E-state index is 0.0667. The standard InChI is InChI=1S/C22H26N4O2/c1-3-23-22(28)26-21(27)15(2)24-13-18(16-9-5-4-6-10-16)19-14-25-20-12-8-7-11-17(19)20/h4-12,14-15,18,24-25H,3,13H2,1-2H3,(H2,23,26,27,28)/t15-,18+/m1/s1. The molecule has 1 heterocycles. The molecule has 3 rings (SSSR count). The van der Waals surface area contributed by atoms with Crippen molar-refractivity contribution < 1.29 is 9.59 Å². The number of carbonyl (C=O) groups excluding carboxylic acids is 2. The maximum atomic E-state index is 12.2. The van der Waals surface area contributed by atoms with Crippen molar-refractivity contribution in [3.63, 3.8) is 0 Å². The van der Waals surface area contributed by atoms with E-state index >= 15 is 0 Å². The van der Waals surface area contributed by atoms with Crippen LogP contribution in [-0.2, 0) is 4.79 Å². The molecule has 0 unspecified atom stereocenters. The van der Waals surface area contributed by atoms with Crippen molar-refractivity contribution in [2.75, 3.05) is 13.1 Å². The van der Waals surface area contributed by atoms with Crippen molar-refractivity contribution in [1.29, 1.82) is 0 Å². The first-order valence-corrected chi connectivity index (χ1v) is 9.53. The van der Waals surface area contributed by atoms with Gasteiger partial charge in [-0.1, -0.05) is 48.5 Å². The predicted octanol–water partition coefficient (Wildman–Crippen LogP) is 3.12. The van der Waals surface area contributed by atoms with E-state index in [2.05, 4.69) is 45.2 Å². The minimum atomic E-state index is -0.501. The number of nitrogens with one attached hydrogen (secondary N) is 4. The summed E-state index contributed by atoms with van der Waals surface area (Å²) in [6.07, 6.45) is 2.03. The Balaban J connectivity index is 1.78. The summed E-state index contributed by atoms with van der Waals surface area (Å²) < 4.78 is 0. The van der Waals surface area contributed by atoms with Gasteiger partial charge in [0.2, 0.25) is 5.91 Å². The summed E-state index contributed by atoms with van der Waals surface area (Å²) in [5, 5.41) is 9.35. The molecule has 3 amide bonds. The summed E-state index contributed by atoms with van der Waals surface area (Å²) in [5.74, 6) is -0.284. The number of imide groups is 1. The summed E-state index contributed by atoms with van der Waals surface area (Å²) in [4.78, 5) is 27.1. The molecule has 0 aliphatic rings. The Morgan fingerprint density at radius 3 is 2.50 bits per heavy atom. The van der Waals surface area contributed by atoms with E-state index in [0.717, 1.165) is 16.5 Å². The molecule has 0 spiro atoms. The van der Waals surface area contributed by atoms with Crippen LogP contribution in [0.1, 0.15) is 30.9 Å². The quantitative estimate of drug-likeness (QED) is 0.509. The lowest BCUT2D eigenvalue weighted by atomic mass is 9.90. The molecule has 0 saturated heterocycles. The number of amides is 3. The van der Waals surface area contributed by atoms with Crippen molar-refractivity contribution in [2.24, 2.45) is 0 Å². The van der Waals surface area contributed by atoms with Crippen LogP contribution < -0.4 is 16.0 Å². The lowest BCUT2D eigenvalue weighted by Gasteiger charge is -2.21. The maximum absolute atomic E-state index is 12.2. The molecular weight excluding hydrogens is 352 g/mol. The number of rotatable bonds is 7. The first-order valence-electron chi connectivity index (χ1n) is 9.53. The summed E-state index contributed by atoms with van der Waals surface area (Å²) in [6, 6.07) is 17.4. The fraction of sp³-hybridized carbons (Fsp3) is 0.273. The van der Waals surface area contributed by atoms with Gasteiger partial charge in [-0.05, 0) is 31.0 Å². The van der Waals surface area contributed by atoms with Crippen LogP contribution in [0.25, 0.3) is 10.9 Å². The largest absolute Gasteiger partial charge is 0.361 e. The van der Waals surface area contributed by atoms with E-state index in [1.165, 1.54) is 5.56 Å². The van der Waals surface area contributed by atoms with Crippen molar-refractivity contribution in [3.05, 3.63) is 71.9 Å². The normalized spacial score (nSPS) is 13.1. The molecule has 0 radical (unpaired) electrons. The van der Waals surface area contributed by atoms with Gasteiger partial charge in [0.25, 0.3) is 0 Å². The van der Waals surface area contributed by atoms with Crippen molar-refractivity contribution in [1.82, 2.24) is 20.9 Å². The molecular formula is C22H26N4O2. The molecule has 0 fully saturated rings. The first-order chi connectivity index (χ1) is 13.6. The van der Waals surface area contributed by atoms with Gasteiger partial charge in [-0.2, -0.15) is 0 Å². The third kappa shape index (κ3) is 4.58. The number of aromatic amines is 1. The second-order valence-corrected chi connectivity index (χ2v) is 6.73. The van der Waals surface area contributed by atoms with Gasteiger partial charge in [0.05, 0.1) is 6.04 Å². The van der Waals surface area contributed by atoms with Crippen LogP contribution in [0, 0.1) is 0 Å². The third-order valence-corrected chi connectivity index (χ3v) is 4.79. The second kappa shape index (κ2) is 9.19. The molecule has 1 aromatic heterocycles. The van der Waals surface area contributed by atoms with E-state index in [4.69, 9.17) is 0 Å². The third-order valence-electron chi connectivity index (χ3n) is 4.79. The minimum Gasteiger partial charge on any atom is -0.361 e. The highest BCUT2D eigenvalue weighted by molar-refractivity contribution is 5.96. The van der Waals surface area contributed by atoms with Crippen LogP contribution in [0.15, 0.2) is 60.8 Å². The van der Waals surface area contributed by atoms with Gasteiger partial charge in [0, 0.05) is 36.1 Å². The number of hydrogen-bond acceptors (Lipinski definition) is 3. The molecule has 6 heteroatoms.